The summed E-state index contributed by atoms with van der Waals surface area (Å²) < 4.78 is 5.76. The van der Waals surface area contributed by atoms with Gasteiger partial charge in [-0.25, -0.2) is 4.79 Å². The van der Waals surface area contributed by atoms with Crippen molar-refractivity contribution < 1.29 is 19.4 Å². The number of carboxylic acid groups (broad SMARTS) is 1. The predicted molar refractivity (Wildman–Crippen MR) is 103 cm³/mol. The molecule has 0 bridgehead atoms. The number of rotatable bonds is 2. The van der Waals surface area contributed by atoms with E-state index >= 15 is 0 Å². The SMILES string of the molecule is O=C(O)c1ccccc1-c1c2ccc(=O)cc-2oc2cc(O)ccc12.[N-]=[N+]=[N-]. The standard InChI is InChI=1S/C20H12O5.N3/c21-11-5-7-15-17(9-11)25-18-10-12(22)6-8-16(18)19(15)13-3-1-2-4-14(13)20(23)24;1-3-2/h1-10,21H,(H,23,24);/q;-1. The van der Waals surface area contributed by atoms with Crippen LogP contribution >= 0.6 is 0 Å². The Kier molecular flexibility index (Phi) is 4.97. The molecule has 28 heavy (non-hydrogen) atoms. The van der Waals surface area contributed by atoms with Crippen LogP contribution in [0, 0.1) is 0 Å². The minimum atomic E-state index is -1.04. The lowest BCUT2D eigenvalue weighted by molar-refractivity contribution is 0.0697. The summed E-state index contributed by atoms with van der Waals surface area (Å²) in [6, 6.07) is 15.7. The van der Waals surface area contributed by atoms with Gasteiger partial charge in [0.1, 0.15) is 17.1 Å². The highest BCUT2D eigenvalue weighted by atomic mass is 16.4. The topological polar surface area (TPSA) is 146 Å². The maximum atomic E-state index is 11.7. The fourth-order valence-corrected chi connectivity index (χ4v) is 3.04. The van der Waals surface area contributed by atoms with Gasteiger partial charge >= 0.3 is 5.97 Å². The zero-order valence-corrected chi connectivity index (χ0v) is 14.2. The maximum Gasteiger partial charge on any atom is 0.336 e. The van der Waals surface area contributed by atoms with E-state index in [0.717, 1.165) is 0 Å². The van der Waals surface area contributed by atoms with E-state index < -0.39 is 5.97 Å². The van der Waals surface area contributed by atoms with Crippen LogP contribution in [0.15, 0.2) is 69.9 Å². The third-order valence-electron chi connectivity index (χ3n) is 4.10. The quantitative estimate of drug-likeness (QED) is 0.223. The molecule has 4 rings (SSSR count). The molecule has 0 aromatic heterocycles. The van der Waals surface area contributed by atoms with Crippen molar-refractivity contribution in [2.75, 3.05) is 0 Å². The van der Waals surface area contributed by atoms with Gasteiger partial charge < -0.3 is 25.7 Å². The summed E-state index contributed by atoms with van der Waals surface area (Å²) in [5.41, 5.74) is 15.6. The molecule has 1 aliphatic heterocycles. The molecule has 0 unspecified atom stereocenters. The van der Waals surface area contributed by atoms with E-state index in [2.05, 4.69) is 0 Å². The predicted octanol–water partition coefficient (Wildman–Crippen LogP) is 4.83. The lowest BCUT2D eigenvalue weighted by atomic mass is 9.91. The Hall–Kier alpha value is -4.29. The molecule has 0 radical (unpaired) electrons. The first kappa shape index (κ1) is 18.5. The zero-order chi connectivity index (χ0) is 20.3. The highest BCUT2D eigenvalue weighted by molar-refractivity contribution is 6.07. The van der Waals surface area contributed by atoms with Gasteiger partial charge in [-0.05, 0) is 35.9 Å². The number of fused-ring (bicyclic) bond motifs is 2. The maximum absolute atomic E-state index is 11.7. The summed E-state index contributed by atoms with van der Waals surface area (Å²) in [6.07, 6.45) is 0. The number of hydrogen-bond donors (Lipinski definition) is 2. The van der Waals surface area contributed by atoms with Crippen LogP contribution in [0.1, 0.15) is 10.4 Å². The molecule has 1 aliphatic carbocycles. The van der Waals surface area contributed by atoms with Gasteiger partial charge in [0.15, 0.2) is 5.43 Å². The summed E-state index contributed by atoms with van der Waals surface area (Å²) in [5, 5.41) is 19.9. The Labute approximate surface area is 157 Å². The van der Waals surface area contributed by atoms with Crippen molar-refractivity contribution in [2.24, 2.45) is 0 Å². The smallest absolute Gasteiger partial charge is 0.336 e. The average Bonchev–Trinajstić information content (AvgIpc) is 2.66. The largest absolute Gasteiger partial charge is 0.508 e. The minimum absolute atomic E-state index is 0.0198. The van der Waals surface area contributed by atoms with Gasteiger partial charge in [-0.3, -0.25) is 9.71 Å². The van der Waals surface area contributed by atoms with E-state index in [1.54, 1.807) is 30.3 Å². The number of benzene rings is 3. The molecule has 0 amide bonds. The monoisotopic (exact) mass is 374 g/mol. The molecule has 8 nitrogen and oxygen atoms in total. The van der Waals surface area contributed by atoms with Gasteiger partial charge in [0.2, 0.25) is 0 Å². The second kappa shape index (κ2) is 7.53. The zero-order valence-electron chi connectivity index (χ0n) is 14.2. The average molecular weight is 374 g/mol. The number of nitrogens with zero attached hydrogens (tertiary/aromatic N) is 3. The van der Waals surface area contributed by atoms with Gasteiger partial charge in [0.05, 0.1) is 5.56 Å². The molecule has 0 saturated heterocycles. The van der Waals surface area contributed by atoms with E-state index in [1.165, 1.54) is 35.2 Å². The third-order valence-corrected chi connectivity index (χ3v) is 4.10. The second-order valence-corrected chi connectivity index (χ2v) is 5.76. The van der Waals surface area contributed by atoms with Crippen molar-refractivity contribution in [1.82, 2.24) is 0 Å². The number of phenolic OH excluding ortho intramolecular Hbond substituents is 1. The number of hydrogen-bond acceptors (Lipinski definition) is 4. The fourth-order valence-electron chi connectivity index (χ4n) is 3.04. The number of carbonyl (C=O) groups is 1. The molecule has 0 saturated carbocycles. The number of phenols is 1. The van der Waals surface area contributed by atoms with E-state index in [1.807, 2.05) is 0 Å². The van der Waals surface area contributed by atoms with Gasteiger partial charge in [-0.2, -0.15) is 0 Å². The van der Waals surface area contributed by atoms with Crippen molar-refractivity contribution in [1.29, 1.82) is 0 Å². The lowest BCUT2D eigenvalue weighted by Gasteiger charge is -2.16. The first-order chi connectivity index (χ1) is 13.5. The van der Waals surface area contributed by atoms with Gasteiger partial charge in [0.25, 0.3) is 0 Å². The molecular formula is C20H12N3O5-. The number of aromatic hydroxyl groups is 1. The molecular weight excluding hydrogens is 362 g/mol. The van der Waals surface area contributed by atoms with Gasteiger partial charge in [-0.15, -0.1) is 0 Å². The highest BCUT2D eigenvalue weighted by Gasteiger charge is 2.21. The molecule has 138 valence electrons. The van der Waals surface area contributed by atoms with E-state index in [-0.39, 0.29) is 16.7 Å². The van der Waals surface area contributed by atoms with Crippen LogP contribution in [-0.4, -0.2) is 16.2 Å². The Morgan fingerprint density at radius 3 is 2.39 bits per heavy atom. The van der Waals surface area contributed by atoms with Crippen LogP contribution in [0.25, 0.3) is 49.4 Å². The lowest BCUT2D eigenvalue weighted by Crippen LogP contribution is -2.03. The van der Waals surface area contributed by atoms with Crippen LogP contribution in [0.2, 0.25) is 0 Å². The van der Waals surface area contributed by atoms with Crippen LogP contribution in [-0.2, 0) is 0 Å². The number of aromatic carboxylic acids is 1. The van der Waals surface area contributed by atoms with Crippen LogP contribution in [0.4, 0.5) is 0 Å². The summed E-state index contributed by atoms with van der Waals surface area (Å²) >= 11 is 0. The van der Waals surface area contributed by atoms with Crippen molar-refractivity contribution in [2.45, 2.75) is 0 Å². The Morgan fingerprint density at radius 1 is 0.964 bits per heavy atom. The summed E-state index contributed by atoms with van der Waals surface area (Å²) in [7, 11) is 0. The highest BCUT2D eigenvalue weighted by Crippen LogP contribution is 2.41. The molecule has 2 N–H and O–H groups in total. The number of carboxylic acids is 1. The molecule has 0 fully saturated rings. The van der Waals surface area contributed by atoms with Gasteiger partial charge in [0, 0.05) is 28.6 Å². The Morgan fingerprint density at radius 2 is 1.68 bits per heavy atom. The summed E-state index contributed by atoms with van der Waals surface area (Å²) in [4.78, 5) is 24.9. The van der Waals surface area contributed by atoms with Crippen molar-refractivity contribution in [3.63, 3.8) is 0 Å². The molecule has 0 atom stereocenters. The minimum Gasteiger partial charge on any atom is -0.508 e. The first-order valence-corrected chi connectivity index (χ1v) is 7.97. The van der Waals surface area contributed by atoms with Crippen molar-refractivity contribution in [3.8, 4) is 28.2 Å². The molecule has 0 spiro atoms. The third kappa shape index (κ3) is 3.35. The molecule has 1 heterocycles. The fraction of sp³-hybridized carbons (Fsp3) is 0. The molecule has 2 aromatic carbocycles. The normalized spacial score (nSPS) is 10.1. The molecule has 2 aromatic rings. The summed E-state index contributed by atoms with van der Waals surface area (Å²) in [5.74, 6) is -0.691. The Balaban J connectivity index is 0.000000706. The Bertz CT molecular complexity index is 1260. The van der Waals surface area contributed by atoms with Crippen LogP contribution < -0.4 is 5.43 Å². The van der Waals surface area contributed by atoms with E-state index in [4.69, 9.17) is 15.5 Å². The van der Waals surface area contributed by atoms with E-state index in [0.29, 0.717) is 33.4 Å². The van der Waals surface area contributed by atoms with Crippen molar-refractivity contribution >= 4 is 16.9 Å². The first-order valence-electron chi connectivity index (χ1n) is 7.97. The van der Waals surface area contributed by atoms with Gasteiger partial charge in [-0.1, -0.05) is 18.2 Å². The summed E-state index contributed by atoms with van der Waals surface area (Å²) in [6.45, 7) is 0. The van der Waals surface area contributed by atoms with Crippen molar-refractivity contribution in [3.05, 3.63) is 92.4 Å². The van der Waals surface area contributed by atoms with E-state index in [9.17, 15) is 19.8 Å². The second-order valence-electron chi connectivity index (χ2n) is 5.76. The van der Waals surface area contributed by atoms with Crippen LogP contribution in [0.5, 0.6) is 5.75 Å². The van der Waals surface area contributed by atoms with Crippen LogP contribution in [0.3, 0.4) is 0 Å². The molecule has 2 aliphatic rings. The molecule has 8 heteroatoms.